The van der Waals surface area contributed by atoms with Crippen molar-refractivity contribution in [1.29, 1.82) is 0 Å². The van der Waals surface area contributed by atoms with E-state index in [2.05, 4.69) is 15.2 Å². The van der Waals surface area contributed by atoms with E-state index in [1.807, 2.05) is 6.07 Å². The third-order valence-electron chi connectivity index (χ3n) is 5.45. The number of aromatic nitrogens is 3. The predicted molar refractivity (Wildman–Crippen MR) is 116 cm³/mol. The average Bonchev–Trinajstić information content (AvgIpc) is 3.22. The molecule has 0 spiro atoms. The Morgan fingerprint density at radius 1 is 0.969 bits per heavy atom. The highest BCUT2D eigenvalue weighted by molar-refractivity contribution is 7.85. The third-order valence-corrected chi connectivity index (χ3v) is 6.30. The summed E-state index contributed by atoms with van der Waals surface area (Å²) in [7, 11) is -4.53. The number of benzene rings is 2. The number of hydrogen-bond donors (Lipinski definition) is 2. The number of hydrogen-bond acceptors (Lipinski definition) is 6. The van der Waals surface area contributed by atoms with Gasteiger partial charge in [-0.05, 0) is 32.0 Å². The van der Waals surface area contributed by atoms with Gasteiger partial charge in [-0.15, -0.1) is 0 Å². The maximum atomic E-state index is 13.6. The number of nitrogens with one attached hydrogen (secondary N) is 1. The molecule has 0 fully saturated rings. The molecule has 5 rings (SSSR count). The molecular formula is C22H16N4O5S. The number of fused-ring (bicyclic) bond motifs is 3. The highest BCUT2D eigenvalue weighted by atomic mass is 32.2. The van der Waals surface area contributed by atoms with E-state index < -0.39 is 26.8 Å². The van der Waals surface area contributed by atoms with Crippen LogP contribution < -0.4 is 4.90 Å². The first-order valence-electron chi connectivity index (χ1n) is 9.59. The van der Waals surface area contributed by atoms with Crippen molar-refractivity contribution in [2.45, 2.75) is 18.7 Å². The van der Waals surface area contributed by atoms with Gasteiger partial charge in [-0.25, -0.2) is 9.88 Å². The van der Waals surface area contributed by atoms with Crippen molar-refractivity contribution in [3.8, 4) is 11.3 Å². The topological polar surface area (TPSA) is 133 Å². The molecule has 3 heterocycles. The fourth-order valence-electron chi connectivity index (χ4n) is 4.03. The zero-order valence-electron chi connectivity index (χ0n) is 16.9. The van der Waals surface area contributed by atoms with Crippen molar-refractivity contribution < 1.29 is 22.6 Å². The smallest absolute Gasteiger partial charge is 0.282 e. The first kappa shape index (κ1) is 20.0. The van der Waals surface area contributed by atoms with Gasteiger partial charge in [0.05, 0.1) is 44.3 Å². The van der Waals surface area contributed by atoms with Crippen LogP contribution in [0.1, 0.15) is 32.1 Å². The second-order valence-electron chi connectivity index (χ2n) is 7.46. The molecule has 2 aromatic carbocycles. The van der Waals surface area contributed by atoms with Gasteiger partial charge >= 0.3 is 0 Å². The lowest BCUT2D eigenvalue weighted by Gasteiger charge is -2.14. The summed E-state index contributed by atoms with van der Waals surface area (Å²) in [6.07, 6.45) is 0. The van der Waals surface area contributed by atoms with E-state index >= 15 is 0 Å². The number of nitrogens with zero attached hydrogens (tertiary/aromatic N) is 3. The van der Waals surface area contributed by atoms with Crippen molar-refractivity contribution in [2.24, 2.45) is 0 Å². The molecule has 2 amide bonds. The minimum atomic E-state index is -4.53. The van der Waals surface area contributed by atoms with Gasteiger partial charge in [0.1, 0.15) is 0 Å². The third kappa shape index (κ3) is 2.84. The van der Waals surface area contributed by atoms with E-state index in [0.29, 0.717) is 33.8 Å². The summed E-state index contributed by atoms with van der Waals surface area (Å²) in [6.45, 7) is 3.37. The molecular weight excluding hydrogens is 432 g/mol. The van der Waals surface area contributed by atoms with Gasteiger partial charge < -0.3 is 0 Å². The Balaban J connectivity index is 1.88. The van der Waals surface area contributed by atoms with Gasteiger partial charge in [-0.2, -0.15) is 13.5 Å². The lowest BCUT2D eigenvalue weighted by Crippen LogP contribution is -2.30. The van der Waals surface area contributed by atoms with Crippen LogP contribution in [0.4, 0.5) is 5.69 Å². The SMILES string of the molecule is Cc1n[nH]c(C)c1N1C(=O)c2c(-c3ccccc3)nc3ccc(S(=O)(=O)O)cc3c2C1=O. The molecule has 160 valence electrons. The number of aryl methyl sites for hydroxylation is 2. The zero-order valence-corrected chi connectivity index (χ0v) is 17.8. The number of aromatic amines is 1. The van der Waals surface area contributed by atoms with Crippen LogP contribution in [0.3, 0.4) is 0 Å². The summed E-state index contributed by atoms with van der Waals surface area (Å²) in [5, 5.41) is 7.01. The second-order valence-corrected chi connectivity index (χ2v) is 8.88. The van der Waals surface area contributed by atoms with Gasteiger partial charge in [-0.1, -0.05) is 30.3 Å². The van der Waals surface area contributed by atoms with E-state index in [-0.39, 0.29) is 16.5 Å². The molecule has 4 aromatic rings. The number of amides is 2. The van der Waals surface area contributed by atoms with Crippen LogP contribution in [0.15, 0.2) is 53.4 Å². The fraction of sp³-hybridized carbons (Fsp3) is 0.0909. The number of imide groups is 1. The van der Waals surface area contributed by atoms with E-state index in [4.69, 9.17) is 0 Å². The normalized spacial score (nSPS) is 13.8. The van der Waals surface area contributed by atoms with Gasteiger partial charge in [-0.3, -0.25) is 19.2 Å². The number of rotatable bonds is 3. The number of pyridine rings is 1. The molecule has 0 radical (unpaired) electrons. The van der Waals surface area contributed by atoms with Crippen molar-refractivity contribution >= 4 is 38.5 Å². The predicted octanol–water partition coefficient (Wildman–Crippen LogP) is 3.29. The molecule has 0 bridgehead atoms. The Bertz CT molecular complexity index is 1540. The Hall–Kier alpha value is -3.89. The highest BCUT2D eigenvalue weighted by Crippen LogP contribution is 2.40. The molecule has 9 nitrogen and oxygen atoms in total. The number of carbonyl (C=O) groups is 2. The van der Waals surface area contributed by atoms with Crippen LogP contribution in [0.25, 0.3) is 22.2 Å². The average molecular weight is 448 g/mol. The standard InChI is InChI=1S/C22H16N4O5S/c1-11-20(12(2)25-24-11)26-21(27)17-15-10-14(32(29,30)31)8-9-16(15)23-19(18(17)22(26)28)13-6-4-3-5-7-13/h3-10H,1-2H3,(H,24,25)(H,29,30,31). The molecule has 0 saturated heterocycles. The monoisotopic (exact) mass is 448 g/mol. The molecule has 10 heteroatoms. The van der Waals surface area contributed by atoms with Crippen molar-refractivity contribution in [3.05, 3.63) is 71.0 Å². The zero-order chi connectivity index (χ0) is 22.8. The summed E-state index contributed by atoms with van der Waals surface area (Å²) in [6, 6.07) is 12.7. The summed E-state index contributed by atoms with van der Waals surface area (Å²) in [5.74, 6) is -1.20. The number of anilines is 1. The van der Waals surface area contributed by atoms with Crippen LogP contribution in [0.5, 0.6) is 0 Å². The van der Waals surface area contributed by atoms with Crippen molar-refractivity contribution in [2.75, 3.05) is 4.90 Å². The second kappa shape index (κ2) is 6.81. The molecule has 0 unspecified atom stereocenters. The molecule has 1 aliphatic rings. The van der Waals surface area contributed by atoms with Gasteiger partial charge in [0, 0.05) is 10.9 Å². The van der Waals surface area contributed by atoms with Crippen LogP contribution in [0, 0.1) is 13.8 Å². The fourth-order valence-corrected chi connectivity index (χ4v) is 4.54. The first-order chi connectivity index (χ1) is 15.2. The van der Waals surface area contributed by atoms with Gasteiger partial charge in [0.15, 0.2) is 0 Å². The molecule has 1 aliphatic heterocycles. The first-order valence-corrected chi connectivity index (χ1v) is 11.0. The number of carbonyl (C=O) groups excluding carboxylic acids is 2. The van der Waals surface area contributed by atoms with Crippen LogP contribution in [-0.4, -0.2) is 40.0 Å². The summed E-state index contributed by atoms with van der Waals surface area (Å²) < 4.78 is 32.9. The molecule has 2 aromatic heterocycles. The summed E-state index contributed by atoms with van der Waals surface area (Å²) >= 11 is 0. The minimum Gasteiger partial charge on any atom is -0.282 e. The van der Waals surface area contributed by atoms with E-state index in [1.165, 1.54) is 12.1 Å². The van der Waals surface area contributed by atoms with E-state index in [9.17, 15) is 22.6 Å². The summed E-state index contributed by atoms with van der Waals surface area (Å²) in [5.41, 5.74) is 2.71. The molecule has 0 atom stereocenters. The highest BCUT2D eigenvalue weighted by Gasteiger charge is 2.43. The molecule has 0 aliphatic carbocycles. The Morgan fingerprint density at radius 3 is 2.28 bits per heavy atom. The summed E-state index contributed by atoms with van der Waals surface area (Å²) in [4.78, 5) is 32.4. The Labute approximate surface area is 182 Å². The van der Waals surface area contributed by atoms with Crippen molar-refractivity contribution in [3.63, 3.8) is 0 Å². The maximum absolute atomic E-state index is 13.6. The van der Waals surface area contributed by atoms with Crippen LogP contribution in [0.2, 0.25) is 0 Å². The maximum Gasteiger partial charge on any atom is 0.294 e. The Kier molecular flexibility index (Phi) is 4.26. The largest absolute Gasteiger partial charge is 0.294 e. The van der Waals surface area contributed by atoms with Gasteiger partial charge in [0.25, 0.3) is 21.9 Å². The minimum absolute atomic E-state index is 0.0318. The lowest BCUT2D eigenvalue weighted by atomic mass is 9.98. The van der Waals surface area contributed by atoms with Crippen LogP contribution >= 0.6 is 0 Å². The lowest BCUT2D eigenvalue weighted by molar-refractivity contribution is 0.0926. The quantitative estimate of drug-likeness (QED) is 0.363. The number of H-pyrrole nitrogens is 1. The van der Waals surface area contributed by atoms with Gasteiger partial charge in [0.2, 0.25) is 0 Å². The van der Waals surface area contributed by atoms with E-state index in [0.717, 1.165) is 11.0 Å². The van der Waals surface area contributed by atoms with Crippen LogP contribution in [-0.2, 0) is 10.1 Å². The van der Waals surface area contributed by atoms with Crippen molar-refractivity contribution in [1.82, 2.24) is 15.2 Å². The molecule has 0 saturated carbocycles. The van der Waals surface area contributed by atoms with E-state index in [1.54, 1.807) is 38.1 Å². The molecule has 32 heavy (non-hydrogen) atoms. The Morgan fingerprint density at radius 2 is 1.66 bits per heavy atom. The molecule has 2 N–H and O–H groups in total.